The number of ether oxygens (including phenoxy) is 1. The van der Waals surface area contributed by atoms with Crippen molar-refractivity contribution >= 4 is 46.4 Å². The second kappa shape index (κ2) is 6.83. The summed E-state index contributed by atoms with van der Waals surface area (Å²) in [4.78, 5) is 42.1. The molecule has 3 aliphatic rings. The maximum atomic E-state index is 13.8. The monoisotopic (exact) mass is 471 g/mol. The Labute approximate surface area is 194 Å². The van der Waals surface area contributed by atoms with Crippen LogP contribution in [0.25, 0.3) is 0 Å². The van der Waals surface area contributed by atoms with E-state index >= 15 is 0 Å². The second-order valence-corrected chi connectivity index (χ2v) is 9.55. The molecule has 0 bridgehead atoms. The predicted octanol–water partition coefficient (Wildman–Crippen LogP) is 4.55. The third-order valence-corrected chi connectivity index (χ3v) is 7.18. The second-order valence-electron chi connectivity index (χ2n) is 8.68. The molecule has 5 rings (SSSR count). The van der Waals surface area contributed by atoms with Crippen molar-refractivity contribution in [1.29, 1.82) is 0 Å². The van der Waals surface area contributed by atoms with Gasteiger partial charge in [-0.3, -0.25) is 19.3 Å². The van der Waals surface area contributed by atoms with Gasteiger partial charge < -0.3 is 9.84 Å². The molecule has 32 heavy (non-hydrogen) atoms. The largest absolute Gasteiger partial charge is 0.503 e. The summed E-state index contributed by atoms with van der Waals surface area (Å²) in [6.45, 7) is 1.78. The van der Waals surface area contributed by atoms with Gasteiger partial charge in [-0.2, -0.15) is 0 Å². The van der Waals surface area contributed by atoms with Gasteiger partial charge in [0.25, 0.3) is 5.91 Å². The fraction of sp³-hybridized carbons (Fsp3) is 0.292. The van der Waals surface area contributed by atoms with E-state index in [-0.39, 0.29) is 23.4 Å². The van der Waals surface area contributed by atoms with Crippen molar-refractivity contribution in [1.82, 2.24) is 0 Å². The summed E-state index contributed by atoms with van der Waals surface area (Å²) < 4.78 is 5.45. The molecular formula is C24H19Cl2NO5. The molecule has 0 saturated heterocycles. The maximum Gasteiger partial charge on any atom is 0.295 e. The number of halogens is 2. The zero-order valence-corrected chi connectivity index (χ0v) is 18.9. The first-order chi connectivity index (χ1) is 15.1. The molecule has 6 nitrogen and oxygen atoms in total. The molecule has 164 valence electrons. The fourth-order valence-electron chi connectivity index (χ4n) is 4.80. The number of Topliss-reactive ketones (excluding diaryl/α,β-unsaturated/α-hetero) is 2. The van der Waals surface area contributed by atoms with E-state index in [9.17, 15) is 19.5 Å². The summed E-state index contributed by atoms with van der Waals surface area (Å²) >= 11 is 12.4. The molecule has 1 unspecified atom stereocenters. The van der Waals surface area contributed by atoms with E-state index in [4.69, 9.17) is 27.9 Å². The van der Waals surface area contributed by atoms with E-state index < -0.39 is 34.2 Å². The van der Waals surface area contributed by atoms with Crippen molar-refractivity contribution in [2.75, 3.05) is 12.0 Å². The number of hydrogen-bond acceptors (Lipinski definition) is 5. The van der Waals surface area contributed by atoms with E-state index in [1.165, 1.54) is 13.2 Å². The average Bonchev–Trinajstić information content (AvgIpc) is 3.38. The smallest absolute Gasteiger partial charge is 0.295 e. The van der Waals surface area contributed by atoms with E-state index in [0.29, 0.717) is 34.0 Å². The van der Waals surface area contributed by atoms with Crippen LogP contribution in [-0.4, -0.2) is 29.7 Å². The number of anilines is 1. The van der Waals surface area contributed by atoms with Gasteiger partial charge in [0.15, 0.2) is 22.9 Å². The number of aliphatic hydroxyl groups is 1. The van der Waals surface area contributed by atoms with Gasteiger partial charge in [0.1, 0.15) is 5.75 Å². The minimum absolute atomic E-state index is 0.0384. The van der Waals surface area contributed by atoms with Crippen LogP contribution < -0.4 is 9.64 Å². The summed E-state index contributed by atoms with van der Waals surface area (Å²) in [5.74, 6) is -2.10. The number of ketones is 2. The van der Waals surface area contributed by atoms with Gasteiger partial charge in [-0.15, -0.1) is 0 Å². The highest BCUT2D eigenvalue weighted by molar-refractivity contribution is 6.32. The Morgan fingerprint density at radius 3 is 2.41 bits per heavy atom. The third kappa shape index (κ3) is 2.63. The molecule has 1 amide bonds. The van der Waals surface area contributed by atoms with Crippen LogP contribution in [-0.2, 0) is 26.3 Å². The third-order valence-electron chi connectivity index (χ3n) is 6.71. The summed E-state index contributed by atoms with van der Waals surface area (Å²) in [6, 6.07) is 9.54. The zero-order chi connectivity index (χ0) is 23.0. The SMILES string of the molecule is COc1ccc(Cl)cc1N1C(=O)C(O)=C(C(=O)C2(C)CC2)C12C(=O)Cc1cc(Cl)ccc12. The van der Waals surface area contributed by atoms with Crippen LogP contribution in [0.1, 0.15) is 30.9 Å². The Morgan fingerprint density at radius 2 is 1.75 bits per heavy atom. The van der Waals surface area contributed by atoms with Crippen LogP contribution >= 0.6 is 23.2 Å². The van der Waals surface area contributed by atoms with Crippen LogP contribution in [0.4, 0.5) is 5.69 Å². The minimum atomic E-state index is -1.82. The molecular weight excluding hydrogens is 453 g/mol. The van der Waals surface area contributed by atoms with Gasteiger partial charge in [-0.05, 0) is 54.3 Å². The number of aliphatic hydroxyl groups excluding tert-OH is 1. The quantitative estimate of drug-likeness (QED) is 0.706. The van der Waals surface area contributed by atoms with Crippen molar-refractivity contribution in [3.05, 3.63) is 68.9 Å². The molecule has 0 aromatic heterocycles. The standard InChI is InChI=1S/C24H19Cl2NO5/c1-23(7-8-23)21(30)19-20(29)22(31)27(16-11-14(26)4-6-17(16)32-2)24(19)15-5-3-13(25)9-12(15)10-18(24)28/h3-6,9,11,29H,7-8,10H2,1-2H3. The molecule has 2 aliphatic carbocycles. The zero-order valence-electron chi connectivity index (χ0n) is 17.4. The van der Waals surface area contributed by atoms with Crippen LogP contribution in [0.2, 0.25) is 10.0 Å². The molecule has 1 saturated carbocycles. The van der Waals surface area contributed by atoms with Crippen molar-refractivity contribution in [2.45, 2.75) is 31.7 Å². The lowest BCUT2D eigenvalue weighted by atomic mass is 9.77. The Balaban J connectivity index is 1.86. The number of rotatable bonds is 4. The topological polar surface area (TPSA) is 83.9 Å². The first-order valence-electron chi connectivity index (χ1n) is 10.1. The van der Waals surface area contributed by atoms with E-state index in [1.807, 2.05) is 0 Å². The minimum Gasteiger partial charge on any atom is -0.503 e. The summed E-state index contributed by atoms with van der Waals surface area (Å²) in [5.41, 5.74) is -1.49. The Hall–Kier alpha value is -2.83. The van der Waals surface area contributed by atoms with Gasteiger partial charge in [-0.25, -0.2) is 0 Å². The van der Waals surface area contributed by atoms with Crippen LogP contribution in [0, 0.1) is 5.41 Å². The molecule has 1 heterocycles. The summed E-state index contributed by atoms with van der Waals surface area (Å²) in [5, 5.41) is 11.8. The van der Waals surface area contributed by atoms with Gasteiger partial charge >= 0.3 is 0 Å². The van der Waals surface area contributed by atoms with Crippen molar-refractivity contribution in [3.63, 3.8) is 0 Å². The van der Waals surface area contributed by atoms with Gasteiger partial charge in [-0.1, -0.05) is 36.2 Å². The lowest BCUT2D eigenvalue weighted by Gasteiger charge is -2.37. The highest BCUT2D eigenvalue weighted by atomic mass is 35.5. The average molecular weight is 472 g/mol. The van der Waals surface area contributed by atoms with Crippen LogP contribution in [0.3, 0.4) is 0 Å². The Kier molecular flexibility index (Phi) is 4.49. The lowest BCUT2D eigenvalue weighted by Crippen LogP contribution is -2.52. The van der Waals surface area contributed by atoms with Gasteiger partial charge in [0, 0.05) is 21.9 Å². The van der Waals surface area contributed by atoms with Crippen LogP contribution in [0.5, 0.6) is 5.75 Å². The Morgan fingerprint density at radius 1 is 1.09 bits per heavy atom. The molecule has 1 fully saturated rings. The summed E-state index contributed by atoms with van der Waals surface area (Å²) in [6.07, 6.45) is 1.20. The molecule has 0 radical (unpaired) electrons. The number of methoxy groups -OCH3 is 1. The molecule has 1 N–H and O–H groups in total. The highest BCUT2D eigenvalue weighted by Crippen LogP contribution is 2.58. The van der Waals surface area contributed by atoms with Crippen molar-refractivity contribution in [2.24, 2.45) is 5.41 Å². The van der Waals surface area contributed by atoms with Gasteiger partial charge in [0.2, 0.25) is 0 Å². The predicted molar refractivity (Wildman–Crippen MR) is 119 cm³/mol. The lowest BCUT2D eigenvalue weighted by molar-refractivity contribution is -0.127. The molecule has 8 heteroatoms. The fourth-order valence-corrected chi connectivity index (χ4v) is 5.16. The molecule has 1 atom stereocenters. The number of carbonyl (C=O) groups is 3. The van der Waals surface area contributed by atoms with Crippen molar-refractivity contribution < 1.29 is 24.2 Å². The van der Waals surface area contributed by atoms with Gasteiger partial charge in [0.05, 0.1) is 18.4 Å². The van der Waals surface area contributed by atoms with Crippen molar-refractivity contribution in [3.8, 4) is 5.75 Å². The first kappa shape index (κ1) is 21.0. The Bertz CT molecular complexity index is 1260. The number of amides is 1. The van der Waals surface area contributed by atoms with E-state index in [2.05, 4.69) is 0 Å². The number of benzene rings is 2. The van der Waals surface area contributed by atoms with E-state index in [0.717, 1.165) is 4.90 Å². The number of hydrogen-bond donors (Lipinski definition) is 1. The van der Waals surface area contributed by atoms with Crippen LogP contribution in [0.15, 0.2) is 47.7 Å². The molecule has 1 aliphatic heterocycles. The number of fused-ring (bicyclic) bond motifs is 2. The molecule has 1 spiro atoms. The molecule has 2 aromatic rings. The maximum absolute atomic E-state index is 13.8. The molecule has 2 aromatic carbocycles. The number of nitrogens with zero attached hydrogens (tertiary/aromatic N) is 1. The normalized spacial score (nSPS) is 23.2. The first-order valence-corrected chi connectivity index (χ1v) is 10.9. The highest BCUT2D eigenvalue weighted by Gasteiger charge is 2.66. The number of carbonyl (C=O) groups excluding carboxylic acids is 3. The summed E-state index contributed by atoms with van der Waals surface area (Å²) in [7, 11) is 1.43. The van der Waals surface area contributed by atoms with E-state index in [1.54, 1.807) is 37.3 Å².